The summed E-state index contributed by atoms with van der Waals surface area (Å²) < 4.78 is 10.8. The first-order valence-corrected chi connectivity index (χ1v) is 7.45. The fraction of sp³-hybridized carbons (Fsp3) is 0.500. The Morgan fingerprint density at radius 3 is 2.91 bits per heavy atom. The molecule has 0 bridgehead atoms. The van der Waals surface area contributed by atoms with E-state index in [-0.39, 0.29) is 18.6 Å². The highest BCUT2D eigenvalue weighted by atomic mass is 16.5. The number of carboxylic acid groups (broad SMARTS) is 1. The molecule has 1 heterocycles. The average Bonchev–Trinajstić information content (AvgIpc) is 2.53. The minimum absolute atomic E-state index is 0.147. The average molecular weight is 322 g/mol. The van der Waals surface area contributed by atoms with E-state index in [2.05, 4.69) is 5.32 Å². The molecule has 2 atom stereocenters. The number of hydrogen-bond acceptors (Lipinski definition) is 4. The lowest BCUT2D eigenvalue weighted by atomic mass is 10.0. The van der Waals surface area contributed by atoms with Crippen molar-refractivity contribution in [1.29, 1.82) is 0 Å². The van der Waals surface area contributed by atoms with Gasteiger partial charge in [-0.05, 0) is 18.1 Å². The number of ether oxygens (including phenoxy) is 2. The van der Waals surface area contributed by atoms with Crippen LogP contribution >= 0.6 is 0 Å². The second kappa shape index (κ2) is 7.21. The first-order chi connectivity index (χ1) is 10.9. The summed E-state index contributed by atoms with van der Waals surface area (Å²) in [4.78, 5) is 24.4. The standard InChI is InChI=1S/C16H22N2O5/c1-10(15(19)20)8-18(2)16(21)17-12-6-11-4-5-13(22-3)7-14(11)23-9-12/h4-5,7,10,12H,6,8-9H2,1-3H3,(H,17,21)(H,19,20). The van der Waals surface area contributed by atoms with Gasteiger partial charge in [0.25, 0.3) is 0 Å². The highest BCUT2D eigenvalue weighted by Gasteiger charge is 2.24. The second-order valence-electron chi connectivity index (χ2n) is 5.76. The maximum Gasteiger partial charge on any atom is 0.317 e. The maximum atomic E-state index is 12.1. The van der Waals surface area contributed by atoms with Crippen LogP contribution in [0.1, 0.15) is 12.5 Å². The number of urea groups is 1. The molecule has 0 saturated carbocycles. The zero-order chi connectivity index (χ0) is 17.0. The Balaban J connectivity index is 1.91. The molecule has 2 amide bonds. The van der Waals surface area contributed by atoms with Crippen LogP contribution in [0, 0.1) is 5.92 Å². The first kappa shape index (κ1) is 16.9. The maximum absolute atomic E-state index is 12.1. The molecule has 2 unspecified atom stereocenters. The number of aliphatic carboxylic acids is 1. The SMILES string of the molecule is COc1ccc2c(c1)OCC(NC(=O)N(C)CC(C)C(=O)O)C2. The molecule has 0 saturated heterocycles. The third-order valence-corrected chi connectivity index (χ3v) is 3.82. The van der Waals surface area contributed by atoms with E-state index in [1.54, 1.807) is 21.1 Å². The molecule has 2 rings (SSSR count). The number of hydrogen-bond donors (Lipinski definition) is 2. The molecule has 7 nitrogen and oxygen atoms in total. The third kappa shape index (κ3) is 4.28. The van der Waals surface area contributed by atoms with Crippen LogP contribution < -0.4 is 14.8 Å². The first-order valence-electron chi connectivity index (χ1n) is 7.45. The predicted octanol–water partition coefficient (Wildman–Crippen LogP) is 1.36. The number of methoxy groups -OCH3 is 1. The lowest BCUT2D eigenvalue weighted by Crippen LogP contribution is -2.49. The van der Waals surface area contributed by atoms with Gasteiger partial charge in [-0.1, -0.05) is 13.0 Å². The molecule has 1 aromatic carbocycles. The quantitative estimate of drug-likeness (QED) is 0.854. The summed E-state index contributed by atoms with van der Waals surface area (Å²) in [6, 6.07) is 5.15. The molecule has 23 heavy (non-hydrogen) atoms. The van der Waals surface area contributed by atoms with Crippen LogP contribution in [0.2, 0.25) is 0 Å². The summed E-state index contributed by atoms with van der Waals surface area (Å²) in [6.07, 6.45) is 0.660. The number of amides is 2. The van der Waals surface area contributed by atoms with Gasteiger partial charge in [0.15, 0.2) is 0 Å². The van der Waals surface area contributed by atoms with Crippen LogP contribution in [0.15, 0.2) is 18.2 Å². The summed E-state index contributed by atoms with van der Waals surface area (Å²) in [5.74, 6) is -0.0357. The van der Waals surface area contributed by atoms with Crippen LogP contribution in [-0.4, -0.2) is 55.4 Å². The Kier molecular flexibility index (Phi) is 5.31. The monoisotopic (exact) mass is 322 g/mol. The normalized spacial score (nSPS) is 17.4. The van der Waals surface area contributed by atoms with Crippen molar-refractivity contribution in [3.8, 4) is 11.5 Å². The molecule has 1 aliphatic rings. The van der Waals surface area contributed by atoms with Gasteiger partial charge in [-0.15, -0.1) is 0 Å². The van der Waals surface area contributed by atoms with Crippen LogP contribution in [0.25, 0.3) is 0 Å². The summed E-state index contributed by atoms with van der Waals surface area (Å²) in [6.45, 7) is 2.09. The molecule has 2 N–H and O–H groups in total. The van der Waals surface area contributed by atoms with Crippen molar-refractivity contribution in [2.45, 2.75) is 19.4 Å². The highest BCUT2D eigenvalue weighted by Crippen LogP contribution is 2.29. The van der Waals surface area contributed by atoms with Crippen LogP contribution in [-0.2, 0) is 11.2 Å². The predicted molar refractivity (Wildman–Crippen MR) is 83.9 cm³/mol. The Bertz CT molecular complexity index is 590. The minimum Gasteiger partial charge on any atom is -0.497 e. The molecule has 1 aliphatic heterocycles. The van der Waals surface area contributed by atoms with Crippen molar-refractivity contribution < 1.29 is 24.2 Å². The fourth-order valence-corrected chi connectivity index (χ4v) is 2.43. The van der Waals surface area contributed by atoms with Crippen LogP contribution in [0.4, 0.5) is 4.79 Å². The van der Waals surface area contributed by atoms with Crippen LogP contribution in [0.3, 0.4) is 0 Å². The number of rotatable bonds is 5. The van der Waals surface area contributed by atoms with Gasteiger partial charge in [-0.25, -0.2) is 4.79 Å². The Labute approximate surface area is 135 Å². The summed E-state index contributed by atoms with van der Waals surface area (Å²) in [5.41, 5.74) is 1.00. The molecule has 0 fully saturated rings. The summed E-state index contributed by atoms with van der Waals surface area (Å²) in [7, 11) is 3.18. The van der Waals surface area contributed by atoms with Crippen molar-refractivity contribution in [2.75, 3.05) is 27.3 Å². The molecule has 7 heteroatoms. The number of carbonyl (C=O) groups excluding carboxylic acids is 1. The van der Waals surface area contributed by atoms with Crippen molar-refractivity contribution in [3.05, 3.63) is 23.8 Å². The van der Waals surface area contributed by atoms with Gasteiger partial charge in [0.2, 0.25) is 0 Å². The van der Waals surface area contributed by atoms with Gasteiger partial charge in [-0.2, -0.15) is 0 Å². The van der Waals surface area contributed by atoms with E-state index in [1.165, 1.54) is 4.90 Å². The minimum atomic E-state index is -0.923. The van der Waals surface area contributed by atoms with Gasteiger partial charge < -0.3 is 24.8 Å². The van der Waals surface area contributed by atoms with E-state index in [0.717, 1.165) is 17.1 Å². The second-order valence-corrected chi connectivity index (χ2v) is 5.76. The number of carboxylic acids is 1. The molecular formula is C16H22N2O5. The van der Waals surface area contributed by atoms with Crippen molar-refractivity contribution in [1.82, 2.24) is 10.2 Å². The van der Waals surface area contributed by atoms with Gasteiger partial charge in [0.05, 0.1) is 19.1 Å². The Hall–Kier alpha value is -2.44. The van der Waals surface area contributed by atoms with Gasteiger partial charge >= 0.3 is 12.0 Å². The van der Waals surface area contributed by atoms with Crippen LogP contribution in [0.5, 0.6) is 11.5 Å². The summed E-state index contributed by atoms with van der Waals surface area (Å²) >= 11 is 0. The molecule has 0 aliphatic carbocycles. The lowest BCUT2D eigenvalue weighted by Gasteiger charge is -2.28. The molecule has 0 aromatic heterocycles. The largest absolute Gasteiger partial charge is 0.497 e. The molecular weight excluding hydrogens is 300 g/mol. The van der Waals surface area contributed by atoms with E-state index in [9.17, 15) is 9.59 Å². The van der Waals surface area contributed by atoms with Gasteiger partial charge in [0, 0.05) is 19.7 Å². The molecule has 0 radical (unpaired) electrons. The number of nitrogens with one attached hydrogen (secondary N) is 1. The number of nitrogens with zero attached hydrogens (tertiary/aromatic N) is 1. The van der Waals surface area contributed by atoms with Crippen molar-refractivity contribution in [3.63, 3.8) is 0 Å². The zero-order valence-electron chi connectivity index (χ0n) is 13.5. The highest BCUT2D eigenvalue weighted by molar-refractivity contribution is 5.76. The molecule has 0 spiro atoms. The van der Waals surface area contributed by atoms with Crippen molar-refractivity contribution in [2.24, 2.45) is 5.92 Å². The number of benzene rings is 1. The topological polar surface area (TPSA) is 88.1 Å². The Morgan fingerprint density at radius 2 is 2.26 bits per heavy atom. The molecule has 126 valence electrons. The van der Waals surface area contributed by atoms with E-state index in [1.807, 2.05) is 18.2 Å². The zero-order valence-corrected chi connectivity index (χ0v) is 13.5. The van der Waals surface area contributed by atoms with E-state index in [4.69, 9.17) is 14.6 Å². The smallest absolute Gasteiger partial charge is 0.317 e. The molecule has 1 aromatic rings. The van der Waals surface area contributed by atoms with Gasteiger partial charge in [-0.3, -0.25) is 4.79 Å². The van der Waals surface area contributed by atoms with E-state index in [0.29, 0.717) is 13.0 Å². The van der Waals surface area contributed by atoms with Crippen molar-refractivity contribution >= 4 is 12.0 Å². The van der Waals surface area contributed by atoms with Gasteiger partial charge in [0.1, 0.15) is 18.1 Å². The summed E-state index contributed by atoms with van der Waals surface area (Å²) in [5, 5.41) is 11.8. The van der Waals surface area contributed by atoms with E-state index < -0.39 is 11.9 Å². The number of carbonyl (C=O) groups is 2. The lowest BCUT2D eigenvalue weighted by molar-refractivity contribution is -0.141. The fourth-order valence-electron chi connectivity index (χ4n) is 2.43. The number of fused-ring (bicyclic) bond motifs is 1. The Morgan fingerprint density at radius 1 is 1.52 bits per heavy atom. The van der Waals surface area contributed by atoms with E-state index >= 15 is 0 Å². The third-order valence-electron chi connectivity index (χ3n) is 3.82.